The molecule has 3 aromatic rings. The van der Waals surface area contributed by atoms with Crippen LogP contribution < -0.4 is 0 Å². The highest BCUT2D eigenvalue weighted by Crippen LogP contribution is 2.39. The summed E-state index contributed by atoms with van der Waals surface area (Å²) in [6.07, 6.45) is 7.52. The van der Waals surface area contributed by atoms with Crippen LogP contribution in [0.5, 0.6) is 0 Å². The Morgan fingerprint density at radius 1 is 1.16 bits per heavy atom. The van der Waals surface area contributed by atoms with Crippen molar-refractivity contribution in [1.82, 2.24) is 29.3 Å². The highest BCUT2D eigenvalue weighted by atomic mass is 16.5. The Bertz CT molecular complexity index is 1100. The summed E-state index contributed by atoms with van der Waals surface area (Å²) in [4.78, 5) is 31.0. The van der Waals surface area contributed by atoms with Crippen molar-refractivity contribution in [1.29, 1.82) is 0 Å². The van der Waals surface area contributed by atoms with Gasteiger partial charge in [-0.05, 0) is 57.0 Å². The van der Waals surface area contributed by atoms with E-state index in [0.29, 0.717) is 30.0 Å². The molecule has 4 atom stereocenters. The molecule has 32 heavy (non-hydrogen) atoms. The summed E-state index contributed by atoms with van der Waals surface area (Å²) in [5, 5.41) is 0. The monoisotopic (exact) mass is 434 g/mol. The SMILES string of the molecule is CO[C@@H]1C[C@H]2CN(C(=O)c3cnc4c(c3)ncn4Cc3ccccn3)C[C@H]2C[C@H]1N(C)C. The zero-order valence-electron chi connectivity index (χ0n) is 18.9. The maximum absolute atomic E-state index is 13.3. The van der Waals surface area contributed by atoms with Crippen LogP contribution >= 0.6 is 0 Å². The van der Waals surface area contributed by atoms with Gasteiger partial charge in [-0.15, -0.1) is 0 Å². The number of nitrogens with zero attached hydrogens (tertiary/aromatic N) is 6. The van der Waals surface area contributed by atoms with Crippen molar-refractivity contribution in [2.75, 3.05) is 34.3 Å². The number of aromatic nitrogens is 4. The van der Waals surface area contributed by atoms with Crippen molar-refractivity contribution >= 4 is 17.1 Å². The largest absolute Gasteiger partial charge is 0.380 e. The second-order valence-corrected chi connectivity index (χ2v) is 9.27. The van der Waals surface area contributed by atoms with Gasteiger partial charge in [0.25, 0.3) is 5.91 Å². The summed E-state index contributed by atoms with van der Waals surface area (Å²) in [7, 11) is 6.03. The van der Waals surface area contributed by atoms with Crippen molar-refractivity contribution in [3.8, 4) is 0 Å². The number of amides is 1. The van der Waals surface area contributed by atoms with Crippen LogP contribution in [0.25, 0.3) is 11.2 Å². The molecule has 2 fully saturated rings. The van der Waals surface area contributed by atoms with Gasteiger partial charge in [-0.25, -0.2) is 9.97 Å². The normalized spacial score (nSPS) is 25.4. The Hall–Kier alpha value is -2.84. The third-order valence-corrected chi connectivity index (χ3v) is 7.10. The molecule has 1 saturated carbocycles. The quantitative estimate of drug-likeness (QED) is 0.613. The number of hydrogen-bond acceptors (Lipinski definition) is 6. The average molecular weight is 435 g/mol. The number of rotatable bonds is 5. The average Bonchev–Trinajstić information content (AvgIpc) is 3.41. The number of methoxy groups -OCH3 is 1. The van der Waals surface area contributed by atoms with E-state index in [4.69, 9.17) is 4.74 Å². The zero-order chi connectivity index (χ0) is 22.2. The maximum Gasteiger partial charge on any atom is 0.255 e. The minimum atomic E-state index is 0.0449. The number of ether oxygens (including phenoxy) is 1. The molecular weight excluding hydrogens is 404 g/mol. The van der Waals surface area contributed by atoms with Crippen LogP contribution in [0.4, 0.5) is 0 Å². The summed E-state index contributed by atoms with van der Waals surface area (Å²) >= 11 is 0. The second-order valence-electron chi connectivity index (χ2n) is 9.27. The van der Waals surface area contributed by atoms with E-state index in [0.717, 1.165) is 42.8 Å². The topological polar surface area (TPSA) is 76.4 Å². The number of likely N-dealkylation sites (tertiary alicyclic amines) is 1. The summed E-state index contributed by atoms with van der Waals surface area (Å²) in [5.41, 5.74) is 3.04. The summed E-state index contributed by atoms with van der Waals surface area (Å²) in [6.45, 7) is 2.19. The van der Waals surface area contributed by atoms with Crippen LogP contribution in [0.15, 0.2) is 43.0 Å². The minimum Gasteiger partial charge on any atom is -0.380 e. The molecule has 0 bridgehead atoms. The second kappa shape index (κ2) is 8.60. The van der Waals surface area contributed by atoms with Crippen LogP contribution in [-0.2, 0) is 11.3 Å². The van der Waals surface area contributed by atoms with Gasteiger partial charge >= 0.3 is 0 Å². The number of likely N-dealkylation sites (N-methyl/N-ethyl adjacent to an activating group) is 1. The number of fused-ring (bicyclic) bond motifs is 2. The van der Waals surface area contributed by atoms with E-state index in [-0.39, 0.29) is 12.0 Å². The van der Waals surface area contributed by atoms with E-state index in [9.17, 15) is 4.79 Å². The smallest absolute Gasteiger partial charge is 0.255 e. The van der Waals surface area contributed by atoms with Gasteiger partial charge < -0.3 is 19.1 Å². The zero-order valence-corrected chi connectivity index (χ0v) is 18.9. The Labute approximate surface area is 188 Å². The van der Waals surface area contributed by atoms with Gasteiger partial charge in [0, 0.05) is 38.6 Å². The standard InChI is InChI=1S/C24H30N6O2/c1-28(2)21-9-17-12-29(13-18(17)10-22(21)32-3)24(31)16-8-20-23(26-11-16)30(15-27-20)14-19-6-4-5-7-25-19/h4-8,11,15,17-18,21-22H,9-10,12-14H2,1-3H3/t17-,18+,21-,22-/m1/s1. The van der Waals surface area contributed by atoms with Crippen LogP contribution in [0.1, 0.15) is 28.9 Å². The summed E-state index contributed by atoms with van der Waals surface area (Å²) in [5.74, 6) is 1.06. The lowest BCUT2D eigenvalue weighted by Crippen LogP contribution is -2.47. The predicted octanol–water partition coefficient (Wildman–Crippen LogP) is 2.30. The molecule has 0 aromatic carbocycles. The number of carbonyl (C=O) groups is 1. The Morgan fingerprint density at radius 3 is 2.69 bits per heavy atom. The maximum atomic E-state index is 13.3. The third kappa shape index (κ3) is 3.89. The predicted molar refractivity (Wildman–Crippen MR) is 121 cm³/mol. The van der Waals surface area contributed by atoms with E-state index in [1.54, 1.807) is 25.8 Å². The molecule has 5 rings (SSSR count). The Balaban J connectivity index is 1.31. The molecule has 0 unspecified atom stereocenters. The van der Waals surface area contributed by atoms with Gasteiger partial charge in [-0.2, -0.15) is 0 Å². The van der Waals surface area contributed by atoms with Crippen molar-refractivity contribution < 1.29 is 9.53 Å². The van der Waals surface area contributed by atoms with Gasteiger partial charge in [0.1, 0.15) is 5.52 Å². The van der Waals surface area contributed by atoms with E-state index >= 15 is 0 Å². The van der Waals surface area contributed by atoms with E-state index in [1.807, 2.05) is 33.7 Å². The van der Waals surface area contributed by atoms with E-state index < -0.39 is 0 Å². The van der Waals surface area contributed by atoms with Crippen molar-refractivity contribution in [3.05, 3.63) is 54.2 Å². The molecule has 1 aliphatic heterocycles. The highest BCUT2D eigenvalue weighted by Gasteiger charge is 2.44. The van der Waals surface area contributed by atoms with Crippen LogP contribution in [0, 0.1) is 11.8 Å². The number of carbonyl (C=O) groups excluding carboxylic acids is 1. The number of pyridine rings is 2. The lowest BCUT2D eigenvalue weighted by molar-refractivity contribution is -0.0209. The molecule has 1 aliphatic carbocycles. The first-order valence-electron chi connectivity index (χ1n) is 11.2. The van der Waals surface area contributed by atoms with Crippen molar-refractivity contribution in [2.24, 2.45) is 11.8 Å². The molecule has 8 heteroatoms. The molecule has 0 spiro atoms. The first-order chi connectivity index (χ1) is 15.5. The molecule has 0 radical (unpaired) electrons. The fourth-order valence-corrected chi connectivity index (χ4v) is 5.38. The van der Waals surface area contributed by atoms with Gasteiger partial charge in [0.15, 0.2) is 5.65 Å². The minimum absolute atomic E-state index is 0.0449. The molecular formula is C24H30N6O2. The molecule has 168 valence electrons. The lowest BCUT2D eigenvalue weighted by atomic mass is 9.77. The van der Waals surface area contributed by atoms with E-state index in [2.05, 4.69) is 33.9 Å². The molecule has 1 saturated heterocycles. The van der Waals surface area contributed by atoms with Crippen LogP contribution in [0.3, 0.4) is 0 Å². The highest BCUT2D eigenvalue weighted by molar-refractivity contribution is 5.96. The molecule has 4 heterocycles. The first kappa shape index (κ1) is 21.0. The fourth-order valence-electron chi connectivity index (χ4n) is 5.38. The molecule has 1 amide bonds. The number of hydrogen-bond donors (Lipinski definition) is 0. The number of imidazole rings is 1. The van der Waals surface area contributed by atoms with Crippen LogP contribution in [0.2, 0.25) is 0 Å². The first-order valence-corrected chi connectivity index (χ1v) is 11.2. The Morgan fingerprint density at radius 2 is 1.97 bits per heavy atom. The summed E-state index contributed by atoms with van der Waals surface area (Å²) in [6, 6.07) is 8.11. The molecule has 2 aliphatic rings. The summed E-state index contributed by atoms with van der Waals surface area (Å²) < 4.78 is 7.74. The molecule has 0 N–H and O–H groups in total. The molecule has 8 nitrogen and oxygen atoms in total. The van der Waals surface area contributed by atoms with Gasteiger partial charge in [-0.1, -0.05) is 6.07 Å². The van der Waals surface area contributed by atoms with E-state index in [1.165, 1.54) is 0 Å². The lowest BCUT2D eigenvalue weighted by Gasteiger charge is -2.40. The fraction of sp³-hybridized carbons (Fsp3) is 0.500. The van der Waals surface area contributed by atoms with Crippen molar-refractivity contribution in [2.45, 2.75) is 31.5 Å². The van der Waals surface area contributed by atoms with Crippen molar-refractivity contribution in [3.63, 3.8) is 0 Å². The van der Waals surface area contributed by atoms with Gasteiger partial charge in [0.2, 0.25) is 0 Å². The van der Waals surface area contributed by atoms with Crippen LogP contribution in [-0.4, -0.2) is 81.7 Å². The molecule has 3 aromatic heterocycles. The third-order valence-electron chi connectivity index (χ3n) is 7.10. The van der Waals surface area contributed by atoms with Gasteiger partial charge in [-0.3, -0.25) is 9.78 Å². The van der Waals surface area contributed by atoms with Gasteiger partial charge in [0.05, 0.1) is 30.2 Å². The Kier molecular flexibility index (Phi) is 5.65.